The third kappa shape index (κ3) is 7.08. The van der Waals surface area contributed by atoms with E-state index in [4.69, 9.17) is 9.47 Å². The molecule has 122 valence electrons. The summed E-state index contributed by atoms with van der Waals surface area (Å²) in [5, 5.41) is 0. The lowest BCUT2D eigenvalue weighted by atomic mass is 10.2. The average molecular weight is 308 g/mol. The van der Waals surface area contributed by atoms with E-state index < -0.39 is 0 Å². The van der Waals surface area contributed by atoms with E-state index in [0.29, 0.717) is 24.5 Å². The van der Waals surface area contributed by atoms with Gasteiger partial charge in [0.2, 0.25) is 0 Å². The highest BCUT2D eigenvalue weighted by molar-refractivity contribution is 5.95. The number of benzene rings is 1. The fourth-order valence-corrected chi connectivity index (χ4v) is 1.72. The summed E-state index contributed by atoms with van der Waals surface area (Å²) in [6.45, 7) is 5.05. The van der Waals surface area contributed by atoms with Crippen molar-refractivity contribution in [1.82, 2.24) is 10.9 Å². The van der Waals surface area contributed by atoms with Crippen LogP contribution in [0.3, 0.4) is 0 Å². The number of hydrogen-bond donors (Lipinski definition) is 2. The molecule has 1 aromatic rings. The lowest BCUT2D eigenvalue weighted by Gasteiger charge is -2.08. The van der Waals surface area contributed by atoms with Gasteiger partial charge in [-0.25, -0.2) is 0 Å². The van der Waals surface area contributed by atoms with Crippen molar-refractivity contribution in [2.24, 2.45) is 0 Å². The highest BCUT2D eigenvalue weighted by Gasteiger charge is 2.07. The summed E-state index contributed by atoms with van der Waals surface area (Å²) in [4.78, 5) is 23.3. The minimum absolute atomic E-state index is 0.0622. The summed E-state index contributed by atoms with van der Waals surface area (Å²) in [7, 11) is 0. The van der Waals surface area contributed by atoms with Gasteiger partial charge in [-0.15, -0.1) is 0 Å². The van der Waals surface area contributed by atoms with Crippen LogP contribution in [0, 0.1) is 0 Å². The molecule has 0 saturated carbocycles. The van der Waals surface area contributed by atoms with Crippen LogP contribution in [-0.2, 0) is 9.53 Å². The molecule has 1 rings (SSSR count). The first-order valence-corrected chi connectivity index (χ1v) is 7.57. The summed E-state index contributed by atoms with van der Waals surface area (Å²) < 4.78 is 10.5. The van der Waals surface area contributed by atoms with Gasteiger partial charge in [-0.2, -0.15) is 0 Å². The number of carbonyl (C=O) groups excluding carboxylic acids is 2. The minimum Gasteiger partial charge on any atom is -0.494 e. The van der Waals surface area contributed by atoms with E-state index in [2.05, 4.69) is 17.8 Å². The summed E-state index contributed by atoms with van der Waals surface area (Å²) in [5.74, 6) is -0.0678. The van der Waals surface area contributed by atoms with Crippen molar-refractivity contribution in [3.63, 3.8) is 0 Å². The first-order chi connectivity index (χ1) is 10.7. The van der Waals surface area contributed by atoms with Gasteiger partial charge in [0.05, 0.1) is 6.61 Å². The maximum Gasteiger partial charge on any atom is 0.269 e. The molecule has 0 saturated heterocycles. The van der Waals surface area contributed by atoms with Crippen LogP contribution in [0.1, 0.15) is 43.5 Å². The van der Waals surface area contributed by atoms with Crippen LogP contribution in [0.5, 0.6) is 5.75 Å². The fraction of sp³-hybridized carbons (Fsp3) is 0.500. The van der Waals surface area contributed by atoms with Gasteiger partial charge in [-0.05, 0) is 37.6 Å². The first kappa shape index (κ1) is 18.0. The zero-order valence-electron chi connectivity index (χ0n) is 13.2. The van der Waals surface area contributed by atoms with E-state index in [1.165, 1.54) is 0 Å². The zero-order valence-corrected chi connectivity index (χ0v) is 13.2. The van der Waals surface area contributed by atoms with Gasteiger partial charge < -0.3 is 9.47 Å². The largest absolute Gasteiger partial charge is 0.494 e. The van der Waals surface area contributed by atoms with Gasteiger partial charge in [-0.1, -0.05) is 19.8 Å². The second kappa shape index (κ2) is 10.6. The van der Waals surface area contributed by atoms with Crippen LogP contribution in [0.4, 0.5) is 0 Å². The number of amides is 2. The highest BCUT2D eigenvalue weighted by atomic mass is 16.5. The molecule has 0 fully saturated rings. The van der Waals surface area contributed by atoms with E-state index >= 15 is 0 Å². The van der Waals surface area contributed by atoms with E-state index in [-0.39, 0.29) is 18.4 Å². The van der Waals surface area contributed by atoms with E-state index in [9.17, 15) is 9.59 Å². The first-order valence-electron chi connectivity index (χ1n) is 7.57. The maximum absolute atomic E-state index is 11.8. The van der Waals surface area contributed by atoms with Gasteiger partial charge in [-0.3, -0.25) is 20.4 Å². The van der Waals surface area contributed by atoms with Crippen molar-refractivity contribution in [2.75, 3.05) is 19.8 Å². The van der Waals surface area contributed by atoms with Gasteiger partial charge >= 0.3 is 0 Å². The molecule has 1 aromatic carbocycles. The Balaban J connectivity index is 2.25. The van der Waals surface area contributed by atoms with Crippen molar-refractivity contribution < 1.29 is 19.1 Å². The topological polar surface area (TPSA) is 76.7 Å². The molecule has 0 unspecified atom stereocenters. The Bertz CT molecular complexity index is 460. The molecular weight excluding hydrogens is 284 g/mol. The second-order valence-electron chi connectivity index (χ2n) is 4.72. The Hall–Kier alpha value is -2.08. The van der Waals surface area contributed by atoms with Crippen molar-refractivity contribution >= 4 is 11.8 Å². The molecule has 0 radical (unpaired) electrons. The smallest absolute Gasteiger partial charge is 0.269 e. The zero-order chi connectivity index (χ0) is 16.2. The molecule has 0 aliphatic rings. The Morgan fingerprint density at radius 1 is 1.05 bits per heavy atom. The summed E-state index contributed by atoms with van der Waals surface area (Å²) in [5.41, 5.74) is 5.10. The molecule has 0 aromatic heterocycles. The maximum atomic E-state index is 11.8. The van der Waals surface area contributed by atoms with Crippen molar-refractivity contribution in [2.45, 2.75) is 33.1 Å². The molecular formula is C16H24N2O4. The summed E-state index contributed by atoms with van der Waals surface area (Å²) in [6.07, 6.45) is 3.12. The predicted octanol–water partition coefficient (Wildman–Crippen LogP) is 2.05. The van der Waals surface area contributed by atoms with Gasteiger partial charge in [0.25, 0.3) is 11.8 Å². The van der Waals surface area contributed by atoms with E-state index in [0.717, 1.165) is 19.3 Å². The molecule has 0 aliphatic carbocycles. The number of hydrogen-bond acceptors (Lipinski definition) is 4. The molecule has 0 atom stereocenters. The van der Waals surface area contributed by atoms with E-state index in [1.54, 1.807) is 24.3 Å². The van der Waals surface area contributed by atoms with E-state index in [1.807, 2.05) is 6.92 Å². The van der Waals surface area contributed by atoms with Crippen LogP contribution in [0.25, 0.3) is 0 Å². The fourth-order valence-electron chi connectivity index (χ4n) is 1.72. The lowest BCUT2D eigenvalue weighted by molar-refractivity contribution is -0.126. The second-order valence-corrected chi connectivity index (χ2v) is 4.72. The monoisotopic (exact) mass is 308 g/mol. The lowest BCUT2D eigenvalue weighted by Crippen LogP contribution is -2.43. The van der Waals surface area contributed by atoms with Gasteiger partial charge in [0, 0.05) is 12.2 Å². The minimum atomic E-state index is -0.387. The van der Waals surface area contributed by atoms with Crippen molar-refractivity contribution in [1.29, 1.82) is 0 Å². The molecule has 6 heteroatoms. The van der Waals surface area contributed by atoms with Crippen LogP contribution in [0.2, 0.25) is 0 Å². The number of unbranched alkanes of at least 4 members (excludes halogenated alkanes) is 2. The number of rotatable bonds is 9. The van der Waals surface area contributed by atoms with Gasteiger partial charge in [0.1, 0.15) is 12.4 Å². The highest BCUT2D eigenvalue weighted by Crippen LogP contribution is 2.11. The average Bonchev–Trinajstić information content (AvgIpc) is 2.53. The molecule has 0 heterocycles. The molecule has 22 heavy (non-hydrogen) atoms. The third-order valence-electron chi connectivity index (χ3n) is 2.87. The van der Waals surface area contributed by atoms with Crippen molar-refractivity contribution in [3.05, 3.63) is 29.8 Å². The Morgan fingerprint density at radius 2 is 1.77 bits per heavy atom. The molecule has 2 amide bonds. The molecule has 0 spiro atoms. The molecule has 2 N–H and O–H groups in total. The standard InChI is InChI=1S/C16H24N2O4/c1-3-5-6-11-21-12-15(19)17-18-16(20)13-7-9-14(10-8-13)22-4-2/h7-10H,3-6,11-12H2,1-2H3,(H,17,19)(H,18,20). The summed E-state index contributed by atoms with van der Waals surface area (Å²) >= 11 is 0. The SMILES string of the molecule is CCCCCOCC(=O)NNC(=O)c1ccc(OCC)cc1. The van der Waals surface area contributed by atoms with Gasteiger partial charge in [0.15, 0.2) is 0 Å². The third-order valence-corrected chi connectivity index (χ3v) is 2.87. The molecule has 0 bridgehead atoms. The summed E-state index contributed by atoms with van der Waals surface area (Å²) in [6, 6.07) is 6.68. The van der Waals surface area contributed by atoms with Crippen LogP contribution >= 0.6 is 0 Å². The normalized spacial score (nSPS) is 10.1. The molecule has 0 aliphatic heterocycles. The van der Waals surface area contributed by atoms with Crippen LogP contribution in [-0.4, -0.2) is 31.6 Å². The van der Waals surface area contributed by atoms with Crippen LogP contribution < -0.4 is 15.6 Å². The van der Waals surface area contributed by atoms with Crippen molar-refractivity contribution in [3.8, 4) is 5.75 Å². The Morgan fingerprint density at radius 3 is 2.41 bits per heavy atom. The number of ether oxygens (including phenoxy) is 2. The predicted molar refractivity (Wildman–Crippen MR) is 83.6 cm³/mol. The number of carbonyl (C=O) groups is 2. The Kier molecular flexibility index (Phi) is 8.67. The number of nitrogens with one attached hydrogen (secondary N) is 2. The van der Waals surface area contributed by atoms with Crippen LogP contribution in [0.15, 0.2) is 24.3 Å². The number of hydrazine groups is 1. The Labute approximate surface area is 131 Å². The molecule has 6 nitrogen and oxygen atoms in total. The quantitative estimate of drug-likeness (QED) is 0.541.